The van der Waals surface area contributed by atoms with Gasteiger partial charge in [-0.05, 0) is 13.3 Å². The van der Waals surface area contributed by atoms with Crippen LogP contribution in [0, 0.1) is 37.7 Å². The van der Waals surface area contributed by atoms with Gasteiger partial charge in [0.25, 0.3) is 0 Å². The Morgan fingerprint density at radius 1 is 1.00 bits per heavy atom. The van der Waals surface area contributed by atoms with Gasteiger partial charge in [-0.3, -0.25) is 0 Å². The van der Waals surface area contributed by atoms with Crippen LogP contribution in [0.3, 0.4) is 0 Å². The van der Waals surface area contributed by atoms with Crippen molar-refractivity contribution in [3.63, 3.8) is 0 Å². The van der Waals surface area contributed by atoms with E-state index in [0.29, 0.717) is 5.78 Å². The predicted octanol–water partition coefficient (Wildman–Crippen LogP) is 3.33. The molecule has 0 spiro atoms. The van der Waals surface area contributed by atoms with Gasteiger partial charge < -0.3 is 4.79 Å². The van der Waals surface area contributed by atoms with Gasteiger partial charge in [0, 0.05) is 44.2 Å². The Morgan fingerprint density at radius 3 is 2.00 bits per heavy atom. The third-order valence-electron chi connectivity index (χ3n) is 1.88. The standard InChI is InChI=1S/C10H20O.Ar/c1-3-4-5-6-7-8-9-10(2)11;/h3-9H2,1-2H3;. The Balaban J connectivity index is 0. The number of Topliss-reactive ketones (excluding diaryl/α,β-unsaturated/α-hetero) is 1. The Kier molecular flexibility index (Phi) is 15.3. The summed E-state index contributed by atoms with van der Waals surface area (Å²) in [5.74, 6) is 0.334. The molecule has 0 aliphatic rings. The summed E-state index contributed by atoms with van der Waals surface area (Å²) in [4.78, 5) is 10.5. The molecule has 0 saturated carbocycles. The average molecular weight is 196 g/mol. The molecular formula is C10H20ArO. The van der Waals surface area contributed by atoms with Gasteiger partial charge in [0.2, 0.25) is 0 Å². The molecular weight excluding hydrogens is 176 g/mol. The van der Waals surface area contributed by atoms with Gasteiger partial charge in [-0.2, -0.15) is 0 Å². The van der Waals surface area contributed by atoms with E-state index < -0.39 is 0 Å². The normalized spacial score (nSPS) is 9.17. The van der Waals surface area contributed by atoms with Gasteiger partial charge in [-0.1, -0.05) is 39.0 Å². The van der Waals surface area contributed by atoms with E-state index in [-0.39, 0.29) is 37.7 Å². The molecule has 74 valence electrons. The van der Waals surface area contributed by atoms with Gasteiger partial charge in [-0.25, -0.2) is 0 Å². The zero-order valence-corrected chi connectivity index (χ0v) is 8.92. The van der Waals surface area contributed by atoms with E-state index >= 15 is 0 Å². The molecule has 2 heteroatoms. The maximum Gasteiger partial charge on any atom is 0.129 e. The van der Waals surface area contributed by atoms with Crippen LogP contribution >= 0.6 is 0 Å². The third-order valence-corrected chi connectivity index (χ3v) is 1.88. The summed E-state index contributed by atoms with van der Waals surface area (Å²) in [6.07, 6.45) is 8.41. The van der Waals surface area contributed by atoms with Crippen LogP contribution in [0.2, 0.25) is 0 Å². The zero-order valence-electron chi connectivity index (χ0n) is 8.21. The molecule has 12 heavy (non-hydrogen) atoms. The minimum Gasteiger partial charge on any atom is -0.300 e. The fourth-order valence-electron chi connectivity index (χ4n) is 1.15. The van der Waals surface area contributed by atoms with Gasteiger partial charge in [0.05, 0.1) is 0 Å². The molecule has 0 saturated heterocycles. The van der Waals surface area contributed by atoms with Crippen molar-refractivity contribution >= 4 is 5.78 Å². The van der Waals surface area contributed by atoms with Crippen molar-refractivity contribution in [1.29, 1.82) is 0 Å². The van der Waals surface area contributed by atoms with E-state index in [4.69, 9.17) is 0 Å². The van der Waals surface area contributed by atoms with Crippen LogP contribution in [0.5, 0.6) is 0 Å². The van der Waals surface area contributed by atoms with E-state index in [1.54, 1.807) is 6.92 Å². The molecule has 0 N–H and O–H groups in total. The van der Waals surface area contributed by atoms with Crippen molar-refractivity contribution in [3.8, 4) is 0 Å². The van der Waals surface area contributed by atoms with Crippen LogP contribution in [0.25, 0.3) is 0 Å². The number of carbonyl (C=O) groups is 1. The van der Waals surface area contributed by atoms with E-state index in [1.165, 1.54) is 32.1 Å². The first kappa shape index (κ1) is 15.4. The Morgan fingerprint density at radius 2 is 1.50 bits per heavy atom. The van der Waals surface area contributed by atoms with E-state index in [9.17, 15) is 4.79 Å². The van der Waals surface area contributed by atoms with E-state index in [2.05, 4.69) is 6.92 Å². The molecule has 0 aromatic carbocycles. The van der Waals surface area contributed by atoms with Crippen LogP contribution in [0.4, 0.5) is 0 Å². The molecule has 0 aliphatic heterocycles. The van der Waals surface area contributed by atoms with Crippen molar-refractivity contribution in [3.05, 3.63) is 0 Å². The van der Waals surface area contributed by atoms with Gasteiger partial charge in [0.1, 0.15) is 5.78 Å². The summed E-state index contributed by atoms with van der Waals surface area (Å²) in [7, 11) is 0. The number of hydrogen-bond acceptors (Lipinski definition) is 1. The summed E-state index contributed by atoms with van der Waals surface area (Å²) in [6, 6.07) is 0. The van der Waals surface area contributed by atoms with Crippen LogP contribution in [0.15, 0.2) is 0 Å². The molecule has 0 atom stereocenters. The Labute approximate surface area is 106 Å². The fourth-order valence-corrected chi connectivity index (χ4v) is 1.15. The predicted molar refractivity (Wildman–Crippen MR) is 48.7 cm³/mol. The maximum atomic E-state index is 10.5. The summed E-state index contributed by atoms with van der Waals surface area (Å²) in [5, 5.41) is 0. The minimum absolute atomic E-state index is 0. The van der Waals surface area contributed by atoms with Crippen LogP contribution in [-0.2, 0) is 4.79 Å². The van der Waals surface area contributed by atoms with Crippen molar-refractivity contribution in [2.75, 3.05) is 0 Å². The number of hydrogen-bond donors (Lipinski definition) is 0. The molecule has 0 amide bonds. The molecule has 1 nitrogen and oxygen atoms in total. The van der Waals surface area contributed by atoms with Crippen molar-refractivity contribution < 1.29 is 42.5 Å². The summed E-state index contributed by atoms with van der Waals surface area (Å²) in [5.41, 5.74) is 0. The average Bonchev–Trinajstić information content (AvgIpc) is 1.96. The fraction of sp³-hybridized carbons (Fsp3) is 0.900. The molecule has 0 unspecified atom stereocenters. The third kappa shape index (κ3) is 13.5. The zero-order chi connectivity index (χ0) is 8.53. The second kappa shape index (κ2) is 11.9. The summed E-state index contributed by atoms with van der Waals surface area (Å²) >= 11 is 0. The van der Waals surface area contributed by atoms with Gasteiger partial charge in [0.15, 0.2) is 0 Å². The van der Waals surface area contributed by atoms with Gasteiger partial charge >= 0.3 is 0 Å². The largest absolute Gasteiger partial charge is 0.300 e. The quantitative estimate of drug-likeness (QED) is 0.571. The van der Waals surface area contributed by atoms with Gasteiger partial charge in [-0.15, -0.1) is 0 Å². The molecule has 0 aromatic rings. The summed E-state index contributed by atoms with van der Waals surface area (Å²) < 4.78 is 0. The van der Waals surface area contributed by atoms with Crippen molar-refractivity contribution in [2.45, 2.75) is 58.8 Å². The molecule has 0 rings (SSSR count). The second-order valence-corrected chi connectivity index (χ2v) is 3.22. The van der Waals surface area contributed by atoms with E-state index in [0.717, 1.165) is 12.8 Å². The molecule has 0 heterocycles. The first-order chi connectivity index (χ1) is 5.27. The van der Waals surface area contributed by atoms with Crippen LogP contribution in [0.1, 0.15) is 58.8 Å². The number of unbranched alkanes of at least 4 members (excludes halogenated alkanes) is 5. The number of ketones is 1. The smallest absolute Gasteiger partial charge is 0.129 e. The first-order valence-electron chi connectivity index (χ1n) is 4.76. The minimum atomic E-state index is 0. The van der Waals surface area contributed by atoms with Crippen molar-refractivity contribution in [1.82, 2.24) is 0 Å². The maximum absolute atomic E-state index is 10.5. The second-order valence-electron chi connectivity index (χ2n) is 3.22. The summed E-state index contributed by atoms with van der Waals surface area (Å²) in [6.45, 7) is 3.89. The number of carbonyl (C=O) groups excluding carboxylic acids is 1. The topological polar surface area (TPSA) is 17.1 Å². The van der Waals surface area contributed by atoms with Crippen LogP contribution < -0.4 is 0 Å². The van der Waals surface area contributed by atoms with E-state index in [1.807, 2.05) is 0 Å². The Hall–Kier alpha value is 0.930. The Bertz CT molecular complexity index is 102. The monoisotopic (exact) mass is 196 g/mol. The molecule has 0 fully saturated rings. The molecule has 0 radical (unpaired) electrons. The molecule has 0 bridgehead atoms. The SMILES string of the molecule is CCCCCCCCC(C)=O.[Ar]. The number of rotatable bonds is 7. The van der Waals surface area contributed by atoms with Crippen molar-refractivity contribution in [2.24, 2.45) is 0 Å². The first-order valence-corrected chi connectivity index (χ1v) is 4.76. The molecule has 0 aromatic heterocycles. The van der Waals surface area contributed by atoms with Crippen LogP contribution in [-0.4, -0.2) is 5.78 Å². The molecule has 0 aliphatic carbocycles.